The molecule has 2 unspecified atom stereocenters. The van der Waals surface area contributed by atoms with E-state index in [-0.39, 0.29) is 12.7 Å². The molecule has 1 rings (SSSR count). The molecular formula is C10H21NO2. The summed E-state index contributed by atoms with van der Waals surface area (Å²) in [5.41, 5.74) is 0. The molecule has 0 aliphatic carbocycles. The summed E-state index contributed by atoms with van der Waals surface area (Å²) in [5, 5.41) is 18.3. The molecule has 3 atom stereocenters. The van der Waals surface area contributed by atoms with Crippen LogP contribution >= 0.6 is 0 Å². The lowest BCUT2D eigenvalue weighted by molar-refractivity contribution is 0.0546. The number of aliphatic hydroxyl groups excluding tert-OH is 2. The first kappa shape index (κ1) is 11.0. The number of piperidine rings is 1. The average molecular weight is 187 g/mol. The Morgan fingerprint density at radius 2 is 2.15 bits per heavy atom. The Morgan fingerprint density at radius 3 is 2.69 bits per heavy atom. The molecule has 0 radical (unpaired) electrons. The maximum Gasteiger partial charge on any atom is 0.0639 e. The Morgan fingerprint density at radius 1 is 1.46 bits per heavy atom. The van der Waals surface area contributed by atoms with Crippen LogP contribution in [0.3, 0.4) is 0 Å². The van der Waals surface area contributed by atoms with Gasteiger partial charge in [-0.05, 0) is 25.2 Å². The molecule has 0 saturated carbocycles. The van der Waals surface area contributed by atoms with Crippen LogP contribution < -0.4 is 0 Å². The molecule has 2 N–H and O–H groups in total. The zero-order chi connectivity index (χ0) is 9.84. The molecule has 0 amide bonds. The van der Waals surface area contributed by atoms with E-state index in [1.807, 2.05) is 6.92 Å². The molecule has 13 heavy (non-hydrogen) atoms. The summed E-state index contributed by atoms with van der Waals surface area (Å²) in [6.45, 7) is 7.03. The maximum absolute atomic E-state index is 9.25. The summed E-state index contributed by atoms with van der Waals surface area (Å²) in [7, 11) is 0. The zero-order valence-corrected chi connectivity index (χ0v) is 8.61. The predicted molar refractivity (Wildman–Crippen MR) is 52.5 cm³/mol. The number of hydrogen-bond acceptors (Lipinski definition) is 3. The summed E-state index contributed by atoms with van der Waals surface area (Å²) < 4.78 is 0. The Balaban J connectivity index is 2.37. The Kier molecular flexibility index (Phi) is 4.16. The van der Waals surface area contributed by atoms with Crippen LogP contribution in [0.5, 0.6) is 0 Å². The number of aliphatic hydroxyl groups is 2. The van der Waals surface area contributed by atoms with Crippen molar-refractivity contribution in [2.75, 3.05) is 26.2 Å². The Bertz CT molecular complexity index is 148. The number of rotatable bonds is 3. The zero-order valence-electron chi connectivity index (χ0n) is 8.61. The van der Waals surface area contributed by atoms with Crippen molar-refractivity contribution in [2.24, 2.45) is 11.8 Å². The molecule has 3 heteroatoms. The monoisotopic (exact) mass is 187 g/mol. The molecule has 0 aromatic heterocycles. The molecule has 1 heterocycles. The SMILES string of the molecule is CC1CC(CO)CN(C[C@H](C)O)C1. The summed E-state index contributed by atoms with van der Waals surface area (Å²) >= 11 is 0. The Labute approximate surface area is 80.4 Å². The van der Waals surface area contributed by atoms with Gasteiger partial charge in [0.25, 0.3) is 0 Å². The summed E-state index contributed by atoms with van der Waals surface area (Å²) in [5.74, 6) is 1.05. The second-order valence-electron chi connectivity index (χ2n) is 4.46. The topological polar surface area (TPSA) is 43.7 Å². The van der Waals surface area contributed by atoms with E-state index in [0.717, 1.165) is 26.1 Å². The van der Waals surface area contributed by atoms with Gasteiger partial charge < -0.3 is 15.1 Å². The highest BCUT2D eigenvalue weighted by Crippen LogP contribution is 2.20. The van der Waals surface area contributed by atoms with Gasteiger partial charge in [-0.2, -0.15) is 0 Å². The van der Waals surface area contributed by atoms with E-state index >= 15 is 0 Å². The van der Waals surface area contributed by atoms with E-state index in [2.05, 4.69) is 11.8 Å². The van der Waals surface area contributed by atoms with Crippen LogP contribution in [-0.2, 0) is 0 Å². The first-order valence-corrected chi connectivity index (χ1v) is 5.13. The average Bonchev–Trinajstić information content (AvgIpc) is 2.01. The van der Waals surface area contributed by atoms with Crippen LogP contribution in [0.1, 0.15) is 20.3 Å². The number of β-amino-alcohol motifs (C(OH)–C–C–N with tert-alkyl or cyclic N) is 1. The number of hydrogen-bond donors (Lipinski definition) is 2. The van der Waals surface area contributed by atoms with Crippen LogP contribution in [0, 0.1) is 11.8 Å². The van der Waals surface area contributed by atoms with Crippen molar-refractivity contribution in [3.05, 3.63) is 0 Å². The molecule has 0 spiro atoms. The van der Waals surface area contributed by atoms with Crippen LogP contribution in [0.2, 0.25) is 0 Å². The smallest absolute Gasteiger partial charge is 0.0639 e. The van der Waals surface area contributed by atoms with E-state index in [1.54, 1.807) is 0 Å². The van der Waals surface area contributed by atoms with Crippen molar-refractivity contribution in [2.45, 2.75) is 26.4 Å². The van der Waals surface area contributed by atoms with Gasteiger partial charge in [0.1, 0.15) is 0 Å². The van der Waals surface area contributed by atoms with Gasteiger partial charge in [0, 0.05) is 26.2 Å². The van der Waals surface area contributed by atoms with E-state index < -0.39 is 0 Å². The van der Waals surface area contributed by atoms with Crippen molar-refractivity contribution in [1.82, 2.24) is 4.90 Å². The third-order valence-electron chi connectivity index (χ3n) is 2.60. The quantitative estimate of drug-likeness (QED) is 0.668. The number of likely N-dealkylation sites (tertiary alicyclic amines) is 1. The van der Waals surface area contributed by atoms with Gasteiger partial charge >= 0.3 is 0 Å². The normalized spacial score (nSPS) is 33.2. The lowest BCUT2D eigenvalue weighted by Crippen LogP contribution is -2.43. The molecule has 0 aromatic rings. The van der Waals surface area contributed by atoms with Crippen molar-refractivity contribution in [3.8, 4) is 0 Å². The molecule has 78 valence electrons. The Hall–Kier alpha value is -0.120. The second kappa shape index (κ2) is 4.94. The largest absolute Gasteiger partial charge is 0.396 e. The molecule has 3 nitrogen and oxygen atoms in total. The van der Waals surface area contributed by atoms with Gasteiger partial charge in [-0.25, -0.2) is 0 Å². The van der Waals surface area contributed by atoms with Crippen LogP contribution in [0.25, 0.3) is 0 Å². The first-order valence-electron chi connectivity index (χ1n) is 5.13. The molecule has 0 aromatic carbocycles. The molecule has 1 aliphatic heterocycles. The number of nitrogens with zero attached hydrogens (tertiary/aromatic N) is 1. The van der Waals surface area contributed by atoms with E-state index in [1.165, 1.54) is 0 Å². The fraction of sp³-hybridized carbons (Fsp3) is 1.00. The van der Waals surface area contributed by atoms with Gasteiger partial charge in [0.2, 0.25) is 0 Å². The van der Waals surface area contributed by atoms with E-state index in [0.29, 0.717) is 11.8 Å². The van der Waals surface area contributed by atoms with Crippen molar-refractivity contribution in [1.29, 1.82) is 0 Å². The third kappa shape index (κ3) is 3.63. The van der Waals surface area contributed by atoms with Crippen molar-refractivity contribution in [3.63, 3.8) is 0 Å². The molecule has 1 saturated heterocycles. The molecule has 1 aliphatic rings. The summed E-state index contributed by atoms with van der Waals surface area (Å²) in [6, 6.07) is 0. The van der Waals surface area contributed by atoms with Crippen molar-refractivity contribution < 1.29 is 10.2 Å². The lowest BCUT2D eigenvalue weighted by atomic mass is 9.91. The minimum Gasteiger partial charge on any atom is -0.396 e. The fourth-order valence-electron chi connectivity index (χ4n) is 2.25. The van der Waals surface area contributed by atoms with Gasteiger partial charge in [0.15, 0.2) is 0 Å². The summed E-state index contributed by atoms with van der Waals surface area (Å²) in [4.78, 5) is 2.25. The molecular weight excluding hydrogens is 166 g/mol. The minimum absolute atomic E-state index is 0.260. The van der Waals surface area contributed by atoms with Crippen molar-refractivity contribution >= 4 is 0 Å². The van der Waals surface area contributed by atoms with Crippen LogP contribution in [-0.4, -0.2) is 47.5 Å². The van der Waals surface area contributed by atoms with Gasteiger partial charge in [0.05, 0.1) is 6.10 Å². The molecule has 0 bridgehead atoms. The van der Waals surface area contributed by atoms with Gasteiger partial charge in [-0.3, -0.25) is 0 Å². The predicted octanol–water partition coefficient (Wildman–Crippen LogP) is 0.317. The first-order chi connectivity index (χ1) is 6.11. The van der Waals surface area contributed by atoms with E-state index in [4.69, 9.17) is 5.11 Å². The highest BCUT2D eigenvalue weighted by Gasteiger charge is 2.24. The highest BCUT2D eigenvalue weighted by atomic mass is 16.3. The molecule has 1 fully saturated rings. The standard InChI is InChI=1S/C10H21NO2/c1-8-3-10(7-12)6-11(4-8)5-9(2)13/h8-10,12-13H,3-7H2,1-2H3/t8?,9-,10?/m0/s1. The minimum atomic E-state index is -0.260. The highest BCUT2D eigenvalue weighted by molar-refractivity contribution is 4.77. The second-order valence-corrected chi connectivity index (χ2v) is 4.46. The van der Waals surface area contributed by atoms with Gasteiger partial charge in [-0.15, -0.1) is 0 Å². The summed E-state index contributed by atoms with van der Waals surface area (Å²) in [6.07, 6.45) is 0.858. The lowest BCUT2D eigenvalue weighted by Gasteiger charge is -2.36. The van der Waals surface area contributed by atoms with E-state index in [9.17, 15) is 5.11 Å². The van der Waals surface area contributed by atoms with Crippen LogP contribution in [0.4, 0.5) is 0 Å². The maximum atomic E-state index is 9.25. The third-order valence-corrected chi connectivity index (χ3v) is 2.60. The van der Waals surface area contributed by atoms with Crippen LogP contribution in [0.15, 0.2) is 0 Å². The van der Waals surface area contributed by atoms with Gasteiger partial charge in [-0.1, -0.05) is 6.92 Å². The fourth-order valence-corrected chi connectivity index (χ4v) is 2.25.